The fourth-order valence-corrected chi connectivity index (χ4v) is 2.16. The second-order valence-corrected chi connectivity index (χ2v) is 4.41. The smallest absolute Gasteiger partial charge is 0.137 e. The molecule has 0 bridgehead atoms. The molecule has 4 heteroatoms. The summed E-state index contributed by atoms with van der Waals surface area (Å²) in [5, 5.41) is 3.33. The molecule has 0 saturated heterocycles. The van der Waals surface area contributed by atoms with Gasteiger partial charge < -0.3 is 10.1 Å². The molecule has 0 saturated carbocycles. The highest BCUT2D eigenvalue weighted by atomic mass is 79.9. The van der Waals surface area contributed by atoms with Crippen LogP contribution in [0.1, 0.15) is 24.9 Å². The number of rotatable bonds is 2. The van der Waals surface area contributed by atoms with E-state index in [1.54, 1.807) is 12.1 Å². The molecule has 1 N–H and O–H groups in total. The second-order valence-electron chi connectivity index (χ2n) is 3.55. The lowest BCUT2D eigenvalue weighted by Crippen LogP contribution is -2.27. The number of hydrogen-bond donors (Lipinski definition) is 1. The van der Waals surface area contributed by atoms with Crippen molar-refractivity contribution in [2.24, 2.45) is 0 Å². The molecule has 0 aromatic heterocycles. The number of ether oxygens (including phenoxy) is 1. The van der Waals surface area contributed by atoms with Crippen molar-refractivity contribution in [2.45, 2.75) is 19.4 Å². The Balaban J connectivity index is 2.38. The zero-order valence-corrected chi connectivity index (χ0v) is 10.1. The van der Waals surface area contributed by atoms with Gasteiger partial charge in [0.1, 0.15) is 11.6 Å². The maximum Gasteiger partial charge on any atom is 0.137 e. The van der Waals surface area contributed by atoms with Crippen LogP contribution < -0.4 is 10.1 Å². The van der Waals surface area contributed by atoms with Crippen LogP contribution in [0.4, 0.5) is 4.39 Å². The summed E-state index contributed by atoms with van der Waals surface area (Å²) in [5.41, 5.74) is 0.920. The molecular weight excluding hydrogens is 261 g/mol. The van der Waals surface area contributed by atoms with E-state index in [4.69, 9.17) is 4.74 Å². The average molecular weight is 274 g/mol. The Bertz CT molecular complexity index is 370. The predicted octanol–water partition coefficient (Wildman–Crippen LogP) is 3.02. The largest absolute Gasteiger partial charge is 0.493 e. The first kappa shape index (κ1) is 10.9. The Kier molecular flexibility index (Phi) is 3.26. The van der Waals surface area contributed by atoms with Crippen molar-refractivity contribution in [2.75, 3.05) is 13.2 Å². The van der Waals surface area contributed by atoms with Crippen molar-refractivity contribution in [3.8, 4) is 5.75 Å². The lowest BCUT2D eigenvalue weighted by Gasteiger charge is -2.26. The van der Waals surface area contributed by atoms with E-state index in [0.29, 0.717) is 11.1 Å². The molecule has 1 heterocycles. The number of fused-ring (bicyclic) bond motifs is 1. The topological polar surface area (TPSA) is 21.3 Å². The summed E-state index contributed by atoms with van der Waals surface area (Å²) < 4.78 is 19.3. The molecule has 1 unspecified atom stereocenters. The highest BCUT2D eigenvalue weighted by Gasteiger charge is 2.22. The van der Waals surface area contributed by atoms with Gasteiger partial charge in [-0.1, -0.05) is 6.92 Å². The van der Waals surface area contributed by atoms with E-state index in [0.717, 1.165) is 24.3 Å². The van der Waals surface area contributed by atoms with E-state index >= 15 is 0 Å². The fraction of sp³-hybridized carbons (Fsp3) is 0.455. The summed E-state index contributed by atoms with van der Waals surface area (Å²) in [7, 11) is 0. The summed E-state index contributed by atoms with van der Waals surface area (Å²) in [6, 6.07) is 3.46. The van der Waals surface area contributed by atoms with Crippen LogP contribution >= 0.6 is 15.9 Å². The second kappa shape index (κ2) is 4.49. The molecule has 1 atom stereocenters. The Morgan fingerprint density at radius 2 is 2.40 bits per heavy atom. The summed E-state index contributed by atoms with van der Waals surface area (Å²) in [5.74, 6) is 0.544. The monoisotopic (exact) mass is 273 g/mol. The van der Waals surface area contributed by atoms with E-state index < -0.39 is 0 Å². The van der Waals surface area contributed by atoms with Crippen LogP contribution in [-0.2, 0) is 0 Å². The fourth-order valence-electron chi connectivity index (χ4n) is 1.84. The van der Waals surface area contributed by atoms with E-state index in [1.807, 2.05) is 6.92 Å². The van der Waals surface area contributed by atoms with Gasteiger partial charge in [-0.2, -0.15) is 0 Å². The van der Waals surface area contributed by atoms with Crippen LogP contribution in [0.25, 0.3) is 0 Å². The molecule has 0 radical (unpaired) electrons. The minimum atomic E-state index is -0.234. The SMILES string of the molecule is CCNC1CCOc2cc(Br)c(F)cc21. The Labute approximate surface area is 96.9 Å². The molecule has 0 aliphatic carbocycles. The molecule has 2 rings (SSSR count). The third-order valence-electron chi connectivity index (χ3n) is 2.54. The van der Waals surface area contributed by atoms with Gasteiger partial charge in [0.15, 0.2) is 0 Å². The summed E-state index contributed by atoms with van der Waals surface area (Å²) in [6.45, 7) is 3.61. The van der Waals surface area contributed by atoms with Crippen LogP contribution in [0.2, 0.25) is 0 Å². The molecule has 1 aromatic rings. The molecule has 1 aliphatic rings. The van der Waals surface area contributed by atoms with Crippen molar-refractivity contribution in [1.82, 2.24) is 5.32 Å². The van der Waals surface area contributed by atoms with Gasteiger partial charge in [0.05, 0.1) is 11.1 Å². The Morgan fingerprint density at radius 3 is 3.13 bits per heavy atom. The lowest BCUT2D eigenvalue weighted by atomic mass is 10.0. The molecule has 82 valence electrons. The van der Waals surface area contributed by atoms with Crippen LogP contribution in [0.3, 0.4) is 0 Å². The van der Waals surface area contributed by atoms with Gasteiger partial charge >= 0.3 is 0 Å². The third-order valence-corrected chi connectivity index (χ3v) is 3.15. The third kappa shape index (κ3) is 2.16. The van der Waals surface area contributed by atoms with Gasteiger partial charge in [0.25, 0.3) is 0 Å². The van der Waals surface area contributed by atoms with Crippen LogP contribution in [0, 0.1) is 5.82 Å². The molecular formula is C11H13BrFNO. The maximum atomic E-state index is 13.4. The molecule has 2 nitrogen and oxygen atoms in total. The summed E-state index contributed by atoms with van der Waals surface area (Å²) >= 11 is 3.16. The van der Waals surface area contributed by atoms with Gasteiger partial charge in [-0.25, -0.2) is 4.39 Å². The van der Waals surface area contributed by atoms with Gasteiger partial charge in [-0.3, -0.25) is 0 Å². The van der Waals surface area contributed by atoms with Crippen molar-refractivity contribution >= 4 is 15.9 Å². The summed E-state index contributed by atoms with van der Waals surface area (Å²) in [4.78, 5) is 0. The number of benzene rings is 1. The molecule has 0 spiro atoms. The zero-order chi connectivity index (χ0) is 10.8. The summed E-state index contributed by atoms with van der Waals surface area (Å²) in [6.07, 6.45) is 0.891. The zero-order valence-electron chi connectivity index (χ0n) is 8.52. The van der Waals surface area contributed by atoms with Gasteiger partial charge in [-0.05, 0) is 34.6 Å². The standard InChI is InChI=1S/C11H13BrFNO/c1-2-14-10-3-4-15-11-6-8(12)9(13)5-7(10)11/h5-6,10,14H,2-4H2,1H3. The first-order valence-electron chi connectivity index (χ1n) is 5.07. The molecule has 1 aliphatic heterocycles. The number of halogens is 2. The minimum Gasteiger partial charge on any atom is -0.493 e. The predicted molar refractivity (Wildman–Crippen MR) is 60.6 cm³/mol. The van der Waals surface area contributed by atoms with Crippen molar-refractivity contribution in [3.05, 3.63) is 28.0 Å². The quantitative estimate of drug-likeness (QED) is 0.895. The van der Waals surface area contributed by atoms with Crippen molar-refractivity contribution in [1.29, 1.82) is 0 Å². The Morgan fingerprint density at radius 1 is 1.60 bits per heavy atom. The van der Waals surface area contributed by atoms with Crippen LogP contribution in [-0.4, -0.2) is 13.2 Å². The van der Waals surface area contributed by atoms with E-state index in [-0.39, 0.29) is 11.9 Å². The lowest BCUT2D eigenvalue weighted by molar-refractivity contribution is 0.253. The van der Waals surface area contributed by atoms with Gasteiger partial charge in [0.2, 0.25) is 0 Å². The normalized spacial score (nSPS) is 19.5. The first-order chi connectivity index (χ1) is 7.22. The van der Waals surface area contributed by atoms with E-state index in [1.165, 1.54) is 0 Å². The first-order valence-corrected chi connectivity index (χ1v) is 5.86. The average Bonchev–Trinajstić information content (AvgIpc) is 2.21. The van der Waals surface area contributed by atoms with Gasteiger partial charge in [0, 0.05) is 18.0 Å². The van der Waals surface area contributed by atoms with Gasteiger partial charge in [-0.15, -0.1) is 0 Å². The molecule has 15 heavy (non-hydrogen) atoms. The minimum absolute atomic E-state index is 0.210. The number of hydrogen-bond acceptors (Lipinski definition) is 2. The molecule has 1 aromatic carbocycles. The van der Waals surface area contributed by atoms with Crippen LogP contribution in [0.5, 0.6) is 5.75 Å². The highest BCUT2D eigenvalue weighted by Crippen LogP contribution is 2.35. The highest BCUT2D eigenvalue weighted by molar-refractivity contribution is 9.10. The molecule has 0 amide bonds. The van der Waals surface area contributed by atoms with Crippen molar-refractivity contribution < 1.29 is 9.13 Å². The van der Waals surface area contributed by atoms with E-state index in [2.05, 4.69) is 21.2 Å². The van der Waals surface area contributed by atoms with Crippen molar-refractivity contribution in [3.63, 3.8) is 0 Å². The molecule has 0 fully saturated rings. The Hall–Kier alpha value is -0.610. The van der Waals surface area contributed by atoms with Crippen LogP contribution in [0.15, 0.2) is 16.6 Å². The number of nitrogens with one attached hydrogen (secondary N) is 1. The maximum absolute atomic E-state index is 13.4. The van der Waals surface area contributed by atoms with E-state index in [9.17, 15) is 4.39 Å².